The van der Waals surface area contributed by atoms with Crippen LogP contribution in [0.4, 0.5) is 0 Å². The van der Waals surface area contributed by atoms with Crippen LogP contribution in [0.2, 0.25) is 6.32 Å². The van der Waals surface area contributed by atoms with E-state index in [4.69, 9.17) is 4.74 Å². The molecule has 3 atom stereocenters. The van der Waals surface area contributed by atoms with E-state index in [9.17, 15) is 19.9 Å². The summed E-state index contributed by atoms with van der Waals surface area (Å²) in [5.41, 5.74) is 6.42. The summed E-state index contributed by atoms with van der Waals surface area (Å²) < 4.78 is 6.26. The number of hydrogen-bond acceptors (Lipinski definition) is 4. The van der Waals surface area contributed by atoms with Gasteiger partial charge in [-0.2, -0.15) is 0 Å². The van der Waals surface area contributed by atoms with Crippen LogP contribution < -0.4 is 0 Å². The Labute approximate surface area is 260 Å². The predicted octanol–water partition coefficient (Wildman–Crippen LogP) is 7.35. The average molecular weight is 589 g/mol. The van der Waals surface area contributed by atoms with Crippen LogP contribution in [-0.2, 0) is 21.6 Å². The summed E-state index contributed by atoms with van der Waals surface area (Å²) in [6.45, 7) is 0.763. The molecular weight excluding hydrogens is 547 g/mol. The maximum atomic E-state index is 13.1. The van der Waals surface area contributed by atoms with Crippen molar-refractivity contribution >= 4 is 13.1 Å². The summed E-state index contributed by atoms with van der Waals surface area (Å²) in [4.78, 5) is 13.1. The Bertz CT molecular complexity index is 1510. The molecule has 6 rings (SSSR count). The van der Waals surface area contributed by atoms with Gasteiger partial charge in [-0.15, -0.1) is 0 Å². The van der Waals surface area contributed by atoms with E-state index in [-0.39, 0.29) is 17.7 Å². The summed E-state index contributed by atoms with van der Waals surface area (Å²) in [6, 6.07) is 38.0. The molecule has 5 nitrogen and oxygen atoms in total. The van der Waals surface area contributed by atoms with Gasteiger partial charge in [0.1, 0.15) is 0 Å². The SMILES string of the molecule is O=C(O)[C@H]1C(CCC2(c3ccccc3)c3ccccc3-c3ccccc32)CC[C@]1(CCCB(O)O)COCc1ccccc1. The molecule has 1 fully saturated rings. The first kappa shape index (κ1) is 30.3. The number of carboxylic acids is 1. The fraction of sp³-hybridized carbons (Fsp3) is 0.342. The van der Waals surface area contributed by atoms with Crippen LogP contribution in [0.25, 0.3) is 11.1 Å². The molecule has 2 aliphatic rings. The minimum Gasteiger partial charge on any atom is -0.481 e. The molecule has 0 spiro atoms. The molecular formula is C38H41BO5. The Kier molecular flexibility index (Phi) is 9.04. The summed E-state index contributed by atoms with van der Waals surface area (Å²) in [5.74, 6) is -1.37. The molecule has 3 N–H and O–H groups in total. The van der Waals surface area contributed by atoms with Gasteiger partial charge in [-0.25, -0.2) is 0 Å². The monoisotopic (exact) mass is 588 g/mol. The first-order valence-electron chi connectivity index (χ1n) is 15.9. The molecule has 44 heavy (non-hydrogen) atoms. The van der Waals surface area contributed by atoms with Crippen LogP contribution in [0.15, 0.2) is 109 Å². The first-order chi connectivity index (χ1) is 21.4. The van der Waals surface area contributed by atoms with E-state index in [0.29, 0.717) is 26.1 Å². The number of carboxylic acid groups (broad SMARTS) is 1. The Morgan fingerprint density at radius 1 is 0.795 bits per heavy atom. The zero-order valence-electron chi connectivity index (χ0n) is 25.1. The Morgan fingerprint density at radius 3 is 2.00 bits per heavy atom. The quantitative estimate of drug-likeness (QED) is 0.142. The molecule has 4 aromatic rings. The Balaban J connectivity index is 1.31. The van der Waals surface area contributed by atoms with Gasteiger partial charge in [0.25, 0.3) is 0 Å². The highest BCUT2D eigenvalue weighted by Crippen LogP contribution is 2.58. The average Bonchev–Trinajstić information content (AvgIpc) is 3.55. The lowest BCUT2D eigenvalue weighted by molar-refractivity contribution is -0.150. The highest BCUT2D eigenvalue weighted by Gasteiger charge is 2.53. The number of rotatable bonds is 13. The number of hydrogen-bond donors (Lipinski definition) is 3. The van der Waals surface area contributed by atoms with Crippen molar-refractivity contribution in [2.75, 3.05) is 6.61 Å². The molecule has 6 heteroatoms. The standard InChI is InChI=1S/C38H41BO5/c40-36(41)35-29(20-23-37(35,22-11-25-39(42)43)27-44-26-28-12-3-1-4-13-28)21-24-38(30-14-5-2-6-15-30)33-18-9-7-16-31(33)32-17-8-10-19-34(32)38/h1-10,12-19,29,35,42-43H,11,20-27H2,(H,40,41)/t29?,35-,37-/m1/s1. The van der Waals surface area contributed by atoms with Gasteiger partial charge in [0.15, 0.2) is 0 Å². The van der Waals surface area contributed by atoms with Crippen molar-refractivity contribution in [2.24, 2.45) is 17.3 Å². The van der Waals surface area contributed by atoms with Crippen molar-refractivity contribution in [3.8, 4) is 11.1 Å². The van der Waals surface area contributed by atoms with Gasteiger partial charge < -0.3 is 19.9 Å². The summed E-state index contributed by atoms with van der Waals surface area (Å²) >= 11 is 0. The summed E-state index contributed by atoms with van der Waals surface area (Å²) in [5, 5.41) is 29.9. The third kappa shape index (κ3) is 5.74. The summed E-state index contributed by atoms with van der Waals surface area (Å²) in [6.07, 6.45) is 4.47. The van der Waals surface area contributed by atoms with Gasteiger partial charge in [-0.05, 0) is 77.7 Å². The van der Waals surface area contributed by atoms with Crippen LogP contribution in [0.3, 0.4) is 0 Å². The third-order valence-electron chi connectivity index (χ3n) is 10.3. The largest absolute Gasteiger partial charge is 0.481 e. The van der Waals surface area contributed by atoms with Crippen molar-refractivity contribution in [3.05, 3.63) is 131 Å². The van der Waals surface area contributed by atoms with E-state index < -0.39 is 24.4 Å². The van der Waals surface area contributed by atoms with E-state index in [2.05, 4.69) is 78.9 Å². The highest BCUT2D eigenvalue weighted by molar-refractivity contribution is 6.40. The number of benzene rings is 4. The highest BCUT2D eigenvalue weighted by atomic mass is 16.5. The van der Waals surface area contributed by atoms with Crippen molar-refractivity contribution in [3.63, 3.8) is 0 Å². The molecule has 0 amide bonds. The van der Waals surface area contributed by atoms with Crippen molar-refractivity contribution in [1.82, 2.24) is 0 Å². The Hall–Kier alpha value is -3.71. The fourth-order valence-corrected chi connectivity index (χ4v) is 8.34. The molecule has 0 saturated heterocycles. The van der Waals surface area contributed by atoms with Crippen molar-refractivity contribution in [1.29, 1.82) is 0 Å². The second kappa shape index (κ2) is 13.1. The van der Waals surface area contributed by atoms with Crippen LogP contribution in [-0.4, -0.2) is 34.8 Å². The van der Waals surface area contributed by atoms with E-state index in [0.717, 1.165) is 31.2 Å². The number of fused-ring (bicyclic) bond motifs is 3. The van der Waals surface area contributed by atoms with Crippen LogP contribution in [0.1, 0.15) is 60.8 Å². The van der Waals surface area contributed by atoms with Gasteiger partial charge in [0.05, 0.1) is 19.1 Å². The second-order valence-electron chi connectivity index (χ2n) is 12.7. The van der Waals surface area contributed by atoms with Crippen LogP contribution >= 0.6 is 0 Å². The van der Waals surface area contributed by atoms with Crippen molar-refractivity contribution < 1.29 is 24.7 Å². The normalized spacial score (nSPS) is 21.5. The van der Waals surface area contributed by atoms with Gasteiger partial charge in [-0.1, -0.05) is 116 Å². The lowest BCUT2D eigenvalue weighted by Gasteiger charge is -2.37. The van der Waals surface area contributed by atoms with E-state index in [1.54, 1.807) is 0 Å². The van der Waals surface area contributed by atoms with Gasteiger partial charge >= 0.3 is 13.1 Å². The van der Waals surface area contributed by atoms with Crippen LogP contribution in [0, 0.1) is 17.3 Å². The number of ether oxygens (including phenoxy) is 1. The lowest BCUT2D eigenvalue weighted by Crippen LogP contribution is -2.39. The van der Waals surface area contributed by atoms with E-state index >= 15 is 0 Å². The maximum absolute atomic E-state index is 13.1. The zero-order valence-corrected chi connectivity index (χ0v) is 25.1. The number of aliphatic carboxylic acids is 1. The molecule has 0 heterocycles. The molecule has 4 aromatic carbocycles. The van der Waals surface area contributed by atoms with Gasteiger partial charge in [0.2, 0.25) is 0 Å². The van der Waals surface area contributed by atoms with Gasteiger partial charge in [0, 0.05) is 10.8 Å². The molecule has 0 aliphatic heterocycles. The van der Waals surface area contributed by atoms with Crippen molar-refractivity contribution in [2.45, 2.75) is 56.9 Å². The predicted molar refractivity (Wildman–Crippen MR) is 174 cm³/mol. The Morgan fingerprint density at radius 2 is 1.39 bits per heavy atom. The van der Waals surface area contributed by atoms with E-state index in [1.165, 1.54) is 27.8 Å². The topological polar surface area (TPSA) is 87.0 Å². The minimum absolute atomic E-state index is 0.0209. The zero-order chi connectivity index (χ0) is 30.6. The molecule has 226 valence electrons. The van der Waals surface area contributed by atoms with E-state index in [1.807, 2.05) is 30.3 Å². The maximum Gasteiger partial charge on any atom is 0.451 e. The lowest BCUT2D eigenvalue weighted by atomic mass is 9.66. The number of carbonyl (C=O) groups is 1. The minimum atomic E-state index is -1.40. The smallest absolute Gasteiger partial charge is 0.451 e. The molecule has 0 bridgehead atoms. The third-order valence-corrected chi connectivity index (χ3v) is 10.3. The summed E-state index contributed by atoms with van der Waals surface area (Å²) in [7, 11) is -1.40. The molecule has 1 unspecified atom stereocenters. The molecule has 2 aliphatic carbocycles. The first-order valence-corrected chi connectivity index (χ1v) is 15.9. The molecule has 0 radical (unpaired) electrons. The fourth-order valence-electron chi connectivity index (χ4n) is 8.34. The van der Waals surface area contributed by atoms with Gasteiger partial charge in [-0.3, -0.25) is 4.79 Å². The van der Waals surface area contributed by atoms with Crippen LogP contribution in [0.5, 0.6) is 0 Å². The molecule has 0 aromatic heterocycles. The second-order valence-corrected chi connectivity index (χ2v) is 12.7. The molecule has 1 saturated carbocycles.